The molecule has 8 heteroatoms. The minimum atomic E-state index is -0.915. The van der Waals surface area contributed by atoms with Crippen molar-refractivity contribution in [2.24, 2.45) is 0 Å². The molecule has 0 spiro atoms. The summed E-state index contributed by atoms with van der Waals surface area (Å²) in [5.74, 6) is -0.383. The number of imidazole rings is 1. The smallest absolute Gasteiger partial charge is 0.321 e. The number of carboxylic acids is 1. The van der Waals surface area contributed by atoms with Crippen molar-refractivity contribution in [3.8, 4) is 0 Å². The lowest BCUT2D eigenvalue weighted by atomic mass is 10.1. The summed E-state index contributed by atoms with van der Waals surface area (Å²) in [6, 6.07) is 9.27. The van der Waals surface area contributed by atoms with Crippen LogP contribution in [0.3, 0.4) is 0 Å². The van der Waals surface area contributed by atoms with Crippen LogP contribution in [0.15, 0.2) is 55.2 Å². The third-order valence-electron chi connectivity index (χ3n) is 3.83. The summed E-state index contributed by atoms with van der Waals surface area (Å²) in [6.45, 7) is 1.01. The van der Waals surface area contributed by atoms with Crippen LogP contribution in [-0.4, -0.2) is 37.1 Å². The van der Waals surface area contributed by atoms with E-state index in [-0.39, 0.29) is 0 Å². The zero-order valence-corrected chi connectivity index (χ0v) is 14.1. The number of H-pyrrole nitrogens is 1. The molecule has 0 aliphatic rings. The van der Waals surface area contributed by atoms with Gasteiger partial charge in [-0.1, -0.05) is 30.3 Å². The number of aromatic nitrogens is 4. The molecule has 0 bridgehead atoms. The molecule has 8 nitrogen and oxygen atoms in total. The molecule has 0 saturated heterocycles. The van der Waals surface area contributed by atoms with E-state index in [1.54, 1.807) is 18.6 Å². The fourth-order valence-corrected chi connectivity index (χ4v) is 2.42. The molecule has 3 rings (SSSR count). The molecule has 26 heavy (non-hydrogen) atoms. The van der Waals surface area contributed by atoms with Crippen LogP contribution in [0.1, 0.15) is 16.8 Å². The lowest BCUT2D eigenvalue weighted by molar-refractivity contribution is -0.139. The van der Waals surface area contributed by atoms with E-state index in [1.165, 1.54) is 6.33 Å². The van der Waals surface area contributed by atoms with Crippen LogP contribution in [0.25, 0.3) is 0 Å². The summed E-state index contributed by atoms with van der Waals surface area (Å²) < 4.78 is 0. The van der Waals surface area contributed by atoms with E-state index in [0.29, 0.717) is 25.5 Å². The highest BCUT2D eigenvalue weighted by atomic mass is 16.4. The number of rotatable bonds is 9. The van der Waals surface area contributed by atoms with E-state index >= 15 is 0 Å². The molecule has 134 valence electrons. The Balaban J connectivity index is 1.50. The Morgan fingerprint density at radius 3 is 2.50 bits per heavy atom. The molecule has 2 heterocycles. The Morgan fingerprint density at radius 2 is 1.85 bits per heavy atom. The van der Waals surface area contributed by atoms with Crippen molar-refractivity contribution >= 4 is 11.9 Å². The second-order valence-electron chi connectivity index (χ2n) is 5.81. The van der Waals surface area contributed by atoms with Gasteiger partial charge in [-0.2, -0.15) is 0 Å². The fraction of sp³-hybridized carbons (Fsp3) is 0.222. The number of aromatic amines is 1. The average molecular weight is 352 g/mol. The number of aliphatic carboxylic acids is 1. The lowest BCUT2D eigenvalue weighted by Gasteiger charge is -2.13. The summed E-state index contributed by atoms with van der Waals surface area (Å²) in [7, 11) is 0. The SMILES string of the molecule is O=C(O)[C@H](Cc1cnc[nH]1)NCc1cnc(NCc2ccccc2)nc1. The molecule has 0 amide bonds. The van der Waals surface area contributed by atoms with Gasteiger partial charge in [-0.25, -0.2) is 15.0 Å². The van der Waals surface area contributed by atoms with Gasteiger partial charge in [-0.3, -0.25) is 10.1 Å². The zero-order chi connectivity index (χ0) is 18.2. The van der Waals surface area contributed by atoms with Gasteiger partial charge >= 0.3 is 5.97 Å². The number of nitrogens with one attached hydrogen (secondary N) is 3. The summed E-state index contributed by atoms with van der Waals surface area (Å²) in [6.07, 6.45) is 6.84. The van der Waals surface area contributed by atoms with Crippen molar-refractivity contribution in [2.75, 3.05) is 5.32 Å². The first kappa shape index (κ1) is 17.6. The van der Waals surface area contributed by atoms with Crippen molar-refractivity contribution in [2.45, 2.75) is 25.6 Å². The van der Waals surface area contributed by atoms with Gasteiger partial charge < -0.3 is 15.4 Å². The van der Waals surface area contributed by atoms with Crippen molar-refractivity contribution in [3.05, 3.63) is 72.1 Å². The number of anilines is 1. The molecule has 1 atom stereocenters. The summed E-state index contributed by atoms with van der Waals surface area (Å²) in [5, 5.41) is 15.5. The topological polar surface area (TPSA) is 116 Å². The van der Waals surface area contributed by atoms with Crippen molar-refractivity contribution in [1.29, 1.82) is 0 Å². The third-order valence-corrected chi connectivity index (χ3v) is 3.83. The largest absolute Gasteiger partial charge is 0.480 e. The third kappa shape index (κ3) is 5.12. The maximum atomic E-state index is 11.4. The first-order valence-electron chi connectivity index (χ1n) is 8.23. The van der Waals surface area contributed by atoms with E-state index in [4.69, 9.17) is 0 Å². The van der Waals surface area contributed by atoms with E-state index in [0.717, 1.165) is 16.8 Å². The van der Waals surface area contributed by atoms with Crippen LogP contribution in [0, 0.1) is 0 Å². The van der Waals surface area contributed by atoms with E-state index in [9.17, 15) is 9.90 Å². The summed E-state index contributed by atoms with van der Waals surface area (Å²) in [4.78, 5) is 26.7. The van der Waals surface area contributed by atoms with Gasteiger partial charge in [0, 0.05) is 49.4 Å². The molecule has 0 radical (unpaired) electrons. The van der Waals surface area contributed by atoms with Crippen LogP contribution in [0.4, 0.5) is 5.95 Å². The van der Waals surface area contributed by atoms with Gasteiger partial charge in [0.05, 0.1) is 6.33 Å². The fourth-order valence-electron chi connectivity index (χ4n) is 2.42. The maximum Gasteiger partial charge on any atom is 0.321 e. The minimum Gasteiger partial charge on any atom is -0.480 e. The summed E-state index contributed by atoms with van der Waals surface area (Å²) in [5.41, 5.74) is 2.72. The first-order chi connectivity index (χ1) is 12.7. The van der Waals surface area contributed by atoms with Gasteiger partial charge in [-0.05, 0) is 5.56 Å². The Hall–Kier alpha value is -3.26. The predicted molar refractivity (Wildman–Crippen MR) is 96.4 cm³/mol. The molecule has 1 aromatic carbocycles. The molecule has 0 aliphatic carbocycles. The number of benzene rings is 1. The van der Waals surface area contributed by atoms with Gasteiger partial charge in [0.2, 0.25) is 5.95 Å². The average Bonchev–Trinajstić information content (AvgIpc) is 3.18. The molecule has 0 saturated carbocycles. The lowest BCUT2D eigenvalue weighted by Crippen LogP contribution is -2.38. The normalized spacial score (nSPS) is 11.8. The van der Waals surface area contributed by atoms with Crippen molar-refractivity contribution in [1.82, 2.24) is 25.3 Å². The highest BCUT2D eigenvalue weighted by molar-refractivity contribution is 5.73. The van der Waals surface area contributed by atoms with Crippen LogP contribution in [-0.2, 0) is 24.3 Å². The van der Waals surface area contributed by atoms with Crippen LogP contribution in [0.2, 0.25) is 0 Å². The van der Waals surface area contributed by atoms with Gasteiger partial charge in [0.25, 0.3) is 0 Å². The number of nitrogens with zero attached hydrogens (tertiary/aromatic N) is 3. The standard InChI is InChI=1S/C18H20N6O2/c25-17(26)16(6-15-11-19-12-24-15)20-8-14-9-22-18(23-10-14)21-7-13-4-2-1-3-5-13/h1-5,9-12,16,20H,6-8H2,(H,19,24)(H,25,26)(H,21,22,23)/t16-/m0/s1. The minimum absolute atomic E-state index is 0.326. The van der Waals surface area contributed by atoms with Gasteiger partial charge in [0.15, 0.2) is 0 Å². The zero-order valence-electron chi connectivity index (χ0n) is 14.1. The van der Waals surface area contributed by atoms with Gasteiger partial charge in [-0.15, -0.1) is 0 Å². The Morgan fingerprint density at radius 1 is 1.08 bits per heavy atom. The predicted octanol–water partition coefficient (Wildman–Crippen LogP) is 1.60. The summed E-state index contributed by atoms with van der Waals surface area (Å²) >= 11 is 0. The number of hydrogen-bond donors (Lipinski definition) is 4. The number of hydrogen-bond acceptors (Lipinski definition) is 6. The van der Waals surface area contributed by atoms with E-state index < -0.39 is 12.0 Å². The van der Waals surface area contributed by atoms with Gasteiger partial charge in [0.1, 0.15) is 6.04 Å². The highest BCUT2D eigenvalue weighted by Gasteiger charge is 2.18. The monoisotopic (exact) mass is 352 g/mol. The molecule has 0 unspecified atom stereocenters. The van der Waals surface area contributed by atoms with Crippen molar-refractivity contribution < 1.29 is 9.90 Å². The number of carboxylic acid groups (broad SMARTS) is 1. The Labute approximate surface area is 150 Å². The molecule has 0 aliphatic heterocycles. The molecule has 4 N–H and O–H groups in total. The number of carbonyl (C=O) groups is 1. The molecular weight excluding hydrogens is 332 g/mol. The quantitative estimate of drug-likeness (QED) is 0.462. The molecule has 0 fully saturated rings. The molecule has 3 aromatic rings. The molecule has 2 aromatic heterocycles. The Kier molecular flexibility index (Phi) is 5.89. The molecular formula is C18H20N6O2. The van der Waals surface area contributed by atoms with E-state index in [1.807, 2.05) is 30.3 Å². The van der Waals surface area contributed by atoms with Crippen LogP contribution in [0.5, 0.6) is 0 Å². The first-order valence-corrected chi connectivity index (χ1v) is 8.23. The van der Waals surface area contributed by atoms with Crippen LogP contribution < -0.4 is 10.6 Å². The maximum absolute atomic E-state index is 11.4. The van der Waals surface area contributed by atoms with Crippen LogP contribution >= 0.6 is 0 Å². The van der Waals surface area contributed by atoms with E-state index in [2.05, 4.69) is 30.6 Å². The van der Waals surface area contributed by atoms with Crippen molar-refractivity contribution in [3.63, 3.8) is 0 Å². The second kappa shape index (κ2) is 8.72. The Bertz CT molecular complexity index is 805. The second-order valence-corrected chi connectivity index (χ2v) is 5.81. The highest BCUT2D eigenvalue weighted by Crippen LogP contribution is 2.05.